The van der Waals surface area contributed by atoms with E-state index >= 15 is 0 Å². The number of hydrogen-bond acceptors (Lipinski definition) is 2. The van der Waals surface area contributed by atoms with Gasteiger partial charge in [0.2, 0.25) is 0 Å². The highest BCUT2D eigenvalue weighted by Gasteiger charge is 2.28. The van der Waals surface area contributed by atoms with Gasteiger partial charge in [-0.15, -0.1) is 0 Å². The van der Waals surface area contributed by atoms with E-state index in [9.17, 15) is 17.7 Å². The maximum Gasteiger partial charge on any atom is 0.511 e. The molecule has 0 saturated carbocycles. The molecule has 2 aromatic rings. The first-order valence-electron chi connectivity index (χ1n) is 4.98. The largest absolute Gasteiger partial charge is 0.511 e. The molecule has 0 aliphatic carbocycles. The maximum atomic E-state index is 12.8. The number of benzene rings is 1. The smallest absolute Gasteiger partial charge is 0.445 e. The van der Waals surface area contributed by atoms with Crippen LogP contribution in [0, 0.1) is 6.92 Å². The van der Waals surface area contributed by atoms with E-state index < -0.39 is 18.0 Å². The fourth-order valence-electron chi connectivity index (χ4n) is 1.69. The molecule has 90 valence electrons. The number of aromatic nitrogens is 2. The molecule has 0 spiro atoms. The van der Waals surface area contributed by atoms with Gasteiger partial charge in [-0.05, 0) is 13.0 Å². The van der Waals surface area contributed by atoms with E-state index in [1.807, 2.05) is 0 Å². The van der Waals surface area contributed by atoms with Crippen LogP contribution in [0.25, 0.3) is 10.9 Å². The van der Waals surface area contributed by atoms with E-state index in [-0.39, 0.29) is 16.7 Å². The van der Waals surface area contributed by atoms with Gasteiger partial charge in [-0.1, -0.05) is 17.6 Å². The number of fused-ring (bicyclic) bond motifs is 1. The van der Waals surface area contributed by atoms with E-state index in [1.165, 1.54) is 30.7 Å². The van der Waals surface area contributed by atoms with Crippen molar-refractivity contribution in [3.05, 3.63) is 34.4 Å². The quantitative estimate of drug-likeness (QED) is 0.705. The second-order valence-electron chi connectivity index (χ2n) is 3.84. The Labute approximate surface area is 95.0 Å². The summed E-state index contributed by atoms with van der Waals surface area (Å²) in [5, 5.41) is -0.00481. The Morgan fingerprint density at radius 3 is 2.53 bits per heavy atom. The second kappa shape index (κ2) is 3.61. The fourth-order valence-corrected chi connectivity index (χ4v) is 1.69. The van der Waals surface area contributed by atoms with Crippen LogP contribution in [-0.2, 0) is 7.05 Å². The molecular formula is C10H9BF3N2O-. The first kappa shape index (κ1) is 11.7. The van der Waals surface area contributed by atoms with E-state index in [1.54, 1.807) is 0 Å². The van der Waals surface area contributed by atoms with E-state index in [2.05, 4.69) is 4.98 Å². The number of hydrogen-bond donors (Lipinski definition) is 0. The van der Waals surface area contributed by atoms with Crippen LogP contribution in [0.2, 0.25) is 0 Å². The van der Waals surface area contributed by atoms with Gasteiger partial charge in [-0.3, -0.25) is 9.36 Å². The lowest BCUT2D eigenvalue weighted by molar-refractivity contribution is 0.501. The molecule has 0 saturated heterocycles. The predicted octanol–water partition coefficient (Wildman–Crippen LogP) is 1.30. The zero-order chi connectivity index (χ0) is 12.8. The highest BCUT2D eigenvalue weighted by molar-refractivity contribution is 6.75. The second-order valence-corrected chi connectivity index (χ2v) is 3.84. The zero-order valence-electron chi connectivity index (χ0n) is 9.25. The Kier molecular flexibility index (Phi) is 2.48. The topological polar surface area (TPSA) is 34.9 Å². The summed E-state index contributed by atoms with van der Waals surface area (Å²) in [6.07, 6.45) is 0. The third-order valence-electron chi connectivity index (χ3n) is 2.71. The van der Waals surface area contributed by atoms with Crippen LogP contribution in [0.1, 0.15) is 5.82 Å². The van der Waals surface area contributed by atoms with Gasteiger partial charge < -0.3 is 12.9 Å². The molecule has 0 amide bonds. The predicted molar refractivity (Wildman–Crippen MR) is 60.4 cm³/mol. The fraction of sp³-hybridized carbons (Fsp3) is 0.200. The lowest BCUT2D eigenvalue weighted by Crippen LogP contribution is -2.36. The maximum absolute atomic E-state index is 12.8. The molecule has 1 aromatic carbocycles. The first-order valence-corrected chi connectivity index (χ1v) is 4.98. The van der Waals surface area contributed by atoms with Crippen LogP contribution in [0.4, 0.5) is 12.9 Å². The summed E-state index contributed by atoms with van der Waals surface area (Å²) < 4.78 is 39.6. The normalized spacial score (nSPS) is 12.1. The number of para-hydroxylation sites is 1. The molecule has 0 aliphatic rings. The Bertz CT molecular complexity index is 648. The van der Waals surface area contributed by atoms with Crippen LogP contribution in [0.15, 0.2) is 23.0 Å². The van der Waals surface area contributed by atoms with Gasteiger partial charge in [0.25, 0.3) is 5.56 Å². The van der Waals surface area contributed by atoms with Crippen LogP contribution < -0.4 is 11.0 Å². The Morgan fingerprint density at radius 1 is 1.29 bits per heavy atom. The van der Waals surface area contributed by atoms with Gasteiger partial charge in [-0.2, -0.15) is 0 Å². The molecule has 0 aliphatic heterocycles. The third kappa shape index (κ3) is 1.81. The summed E-state index contributed by atoms with van der Waals surface area (Å²) in [4.78, 5) is 15.7. The van der Waals surface area contributed by atoms with E-state index in [0.29, 0.717) is 0 Å². The highest BCUT2D eigenvalue weighted by atomic mass is 19.4. The summed E-state index contributed by atoms with van der Waals surface area (Å²) in [5.41, 5.74) is -1.54. The molecule has 0 fully saturated rings. The van der Waals surface area contributed by atoms with Gasteiger partial charge >= 0.3 is 6.98 Å². The molecule has 7 heteroatoms. The van der Waals surface area contributed by atoms with Crippen LogP contribution >= 0.6 is 0 Å². The molecule has 0 radical (unpaired) electrons. The standard InChI is InChI=1S/C10H9BF3N2O/c1-6-15-9-7(10(17)16(6)2)4-3-5-8(9)11(12,13)14/h3-5H,1-2H3/q-1. The summed E-state index contributed by atoms with van der Waals surface area (Å²) in [6, 6.07) is 3.54. The molecule has 1 heterocycles. The van der Waals surface area contributed by atoms with Crippen LogP contribution in [0.5, 0.6) is 0 Å². The molecule has 2 rings (SSSR count). The first-order chi connectivity index (χ1) is 7.82. The van der Waals surface area contributed by atoms with Crippen molar-refractivity contribution in [2.45, 2.75) is 6.92 Å². The van der Waals surface area contributed by atoms with Gasteiger partial charge in [0.15, 0.2) is 0 Å². The van der Waals surface area contributed by atoms with Crippen molar-refractivity contribution in [3.63, 3.8) is 0 Å². The van der Waals surface area contributed by atoms with Crippen molar-refractivity contribution in [2.75, 3.05) is 0 Å². The van der Waals surface area contributed by atoms with Crippen molar-refractivity contribution in [1.29, 1.82) is 0 Å². The Hall–Kier alpha value is -1.79. The average molecular weight is 241 g/mol. The third-order valence-corrected chi connectivity index (χ3v) is 2.71. The summed E-state index contributed by atoms with van der Waals surface area (Å²) in [7, 11) is 1.48. The van der Waals surface area contributed by atoms with E-state index in [4.69, 9.17) is 0 Å². The van der Waals surface area contributed by atoms with Crippen LogP contribution in [0.3, 0.4) is 0 Å². The number of halogens is 3. The lowest BCUT2D eigenvalue weighted by Gasteiger charge is -2.17. The van der Waals surface area contributed by atoms with Gasteiger partial charge in [0, 0.05) is 7.05 Å². The minimum atomic E-state index is -5.17. The summed E-state index contributed by atoms with van der Waals surface area (Å²) in [6.45, 7) is -3.67. The average Bonchev–Trinajstić information content (AvgIpc) is 2.24. The zero-order valence-corrected chi connectivity index (χ0v) is 9.25. The molecule has 0 bridgehead atoms. The SMILES string of the molecule is Cc1nc2c([B-](F)(F)F)cccc2c(=O)n1C. The molecule has 1 aromatic heterocycles. The molecule has 3 nitrogen and oxygen atoms in total. The summed E-state index contributed by atoms with van der Waals surface area (Å²) >= 11 is 0. The van der Waals surface area contributed by atoms with Crippen molar-refractivity contribution >= 4 is 23.3 Å². The highest BCUT2D eigenvalue weighted by Crippen LogP contribution is 2.14. The minimum absolute atomic E-state index is 0.00481. The summed E-state index contributed by atoms with van der Waals surface area (Å²) in [5.74, 6) is 0.259. The van der Waals surface area contributed by atoms with Gasteiger partial charge in [-0.25, -0.2) is 4.98 Å². The number of rotatable bonds is 1. The van der Waals surface area contributed by atoms with Crippen molar-refractivity contribution in [1.82, 2.24) is 9.55 Å². The van der Waals surface area contributed by atoms with Crippen molar-refractivity contribution in [3.8, 4) is 0 Å². The number of nitrogens with zero attached hydrogens (tertiary/aromatic N) is 2. The van der Waals surface area contributed by atoms with Gasteiger partial charge in [0.1, 0.15) is 5.82 Å². The number of aryl methyl sites for hydroxylation is 1. The van der Waals surface area contributed by atoms with Crippen molar-refractivity contribution in [2.24, 2.45) is 7.05 Å². The molecule has 0 N–H and O–H groups in total. The molecule has 17 heavy (non-hydrogen) atoms. The van der Waals surface area contributed by atoms with Crippen molar-refractivity contribution < 1.29 is 12.9 Å². The molecular weight excluding hydrogens is 232 g/mol. The van der Waals surface area contributed by atoms with Gasteiger partial charge in [0.05, 0.1) is 10.9 Å². The van der Waals surface area contributed by atoms with Crippen LogP contribution in [-0.4, -0.2) is 16.5 Å². The van der Waals surface area contributed by atoms with E-state index in [0.717, 1.165) is 6.07 Å². The lowest BCUT2D eigenvalue weighted by atomic mass is 9.79. The minimum Gasteiger partial charge on any atom is -0.445 e. The molecule has 0 unspecified atom stereocenters. The Balaban J connectivity index is 2.97. The Morgan fingerprint density at radius 2 is 1.94 bits per heavy atom. The monoisotopic (exact) mass is 241 g/mol. The molecule has 0 atom stereocenters.